The van der Waals surface area contributed by atoms with E-state index in [0.717, 1.165) is 45.4 Å². The molecular weight excluding hydrogens is 178 g/mol. The fourth-order valence-electron chi connectivity index (χ4n) is 2.33. The molecule has 80 valence electrons. The first-order valence-corrected chi connectivity index (χ1v) is 5.52. The summed E-state index contributed by atoms with van der Waals surface area (Å²) >= 11 is 0. The van der Waals surface area contributed by atoms with Crippen LogP contribution in [0.15, 0.2) is 0 Å². The van der Waals surface area contributed by atoms with Crippen molar-refractivity contribution in [1.82, 2.24) is 10.2 Å². The maximum absolute atomic E-state index is 12.0. The molecular formula is C10H19N3O. The van der Waals surface area contributed by atoms with Crippen LogP contribution in [0.5, 0.6) is 0 Å². The second kappa shape index (κ2) is 4.28. The molecule has 0 aromatic carbocycles. The van der Waals surface area contributed by atoms with Crippen LogP contribution < -0.4 is 11.1 Å². The third-order valence-corrected chi connectivity index (χ3v) is 3.18. The minimum absolute atomic E-state index is 0.196. The Morgan fingerprint density at radius 2 is 2.29 bits per heavy atom. The molecule has 0 bridgehead atoms. The van der Waals surface area contributed by atoms with E-state index < -0.39 is 0 Å². The largest absolute Gasteiger partial charge is 0.341 e. The van der Waals surface area contributed by atoms with Gasteiger partial charge in [0.2, 0.25) is 5.91 Å². The van der Waals surface area contributed by atoms with Crippen molar-refractivity contribution in [1.29, 1.82) is 0 Å². The number of hydrogen-bond donors (Lipinski definition) is 2. The molecule has 4 nitrogen and oxygen atoms in total. The lowest BCUT2D eigenvalue weighted by Gasteiger charge is -2.32. The second-order valence-electron chi connectivity index (χ2n) is 4.38. The number of carbonyl (C=O) groups excluding carboxylic acids is 1. The number of nitrogens with one attached hydrogen (secondary N) is 1. The molecule has 0 aliphatic carbocycles. The molecule has 2 aliphatic rings. The zero-order valence-electron chi connectivity index (χ0n) is 8.54. The highest BCUT2D eigenvalue weighted by molar-refractivity contribution is 5.79. The molecule has 3 N–H and O–H groups in total. The highest BCUT2D eigenvalue weighted by atomic mass is 16.2. The molecule has 0 spiro atoms. The average molecular weight is 197 g/mol. The summed E-state index contributed by atoms with van der Waals surface area (Å²) < 4.78 is 0. The lowest BCUT2D eigenvalue weighted by Crippen LogP contribution is -2.48. The van der Waals surface area contributed by atoms with E-state index >= 15 is 0 Å². The zero-order chi connectivity index (χ0) is 9.97. The van der Waals surface area contributed by atoms with Crippen LogP contribution in [0.2, 0.25) is 0 Å². The summed E-state index contributed by atoms with van der Waals surface area (Å²) in [5.74, 6) is 0.519. The van der Waals surface area contributed by atoms with Crippen molar-refractivity contribution in [3.63, 3.8) is 0 Å². The first-order chi connectivity index (χ1) is 6.77. The Kier molecular flexibility index (Phi) is 3.03. The molecule has 0 unspecified atom stereocenters. The molecule has 0 radical (unpaired) electrons. The van der Waals surface area contributed by atoms with E-state index in [-0.39, 0.29) is 12.0 Å². The first-order valence-electron chi connectivity index (χ1n) is 5.52. The van der Waals surface area contributed by atoms with Crippen molar-refractivity contribution in [2.75, 3.05) is 26.2 Å². The zero-order valence-corrected chi connectivity index (χ0v) is 8.54. The summed E-state index contributed by atoms with van der Waals surface area (Å²) in [6.45, 7) is 3.50. The van der Waals surface area contributed by atoms with Crippen molar-refractivity contribution in [2.45, 2.75) is 25.3 Å². The van der Waals surface area contributed by atoms with Gasteiger partial charge in [-0.15, -0.1) is 0 Å². The molecule has 2 aliphatic heterocycles. The van der Waals surface area contributed by atoms with E-state index in [1.165, 1.54) is 0 Å². The predicted molar refractivity (Wildman–Crippen MR) is 54.8 cm³/mol. The number of amides is 1. The Morgan fingerprint density at radius 3 is 2.93 bits per heavy atom. The van der Waals surface area contributed by atoms with Crippen molar-refractivity contribution >= 4 is 5.91 Å². The van der Waals surface area contributed by atoms with Gasteiger partial charge in [0, 0.05) is 25.7 Å². The van der Waals surface area contributed by atoms with Gasteiger partial charge in [0.15, 0.2) is 0 Å². The summed E-state index contributed by atoms with van der Waals surface area (Å²) in [6, 6.07) is 0.196. The van der Waals surface area contributed by atoms with Gasteiger partial charge in [0.1, 0.15) is 0 Å². The maximum Gasteiger partial charge on any atom is 0.227 e. The van der Waals surface area contributed by atoms with Gasteiger partial charge in [-0.05, 0) is 25.8 Å². The molecule has 4 heteroatoms. The Hall–Kier alpha value is -0.610. The van der Waals surface area contributed by atoms with Gasteiger partial charge >= 0.3 is 0 Å². The molecule has 2 fully saturated rings. The Bertz CT molecular complexity index is 213. The first kappa shape index (κ1) is 9.93. The van der Waals surface area contributed by atoms with E-state index in [2.05, 4.69) is 5.32 Å². The van der Waals surface area contributed by atoms with E-state index in [1.807, 2.05) is 4.90 Å². The van der Waals surface area contributed by atoms with Gasteiger partial charge in [0.05, 0.1) is 5.92 Å². The number of likely N-dealkylation sites (tertiary alicyclic amines) is 1. The summed E-state index contributed by atoms with van der Waals surface area (Å²) in [5, 5.41) is 3.22. The van der Waals surface area contributed by atoms with Crippen molar-refractivity contribution in [3.8, 4) is 0 Å². The number of hydrogen-bond acceptors (Lipinski definition) is 3. The standard InChI is InChI=1S/C10H19N3O/c11-9-2-1-5-13(7-9)10(14)8-3-4-12-6-8/h8-9,12H,1-7,11H2/t8-,9-/m1/s1. The molecule has 2 heterocycles. The van der Waals surface area contributed by atoms with Crippen molar-refractivity contribution in [2.24, 2.45) is 11.7 Å². The molecule has 2 atom stereocenters. The highest BCUT2D eigenvalue weighted by Gasteiger charge is 2.29. The monoisotopic (exact) mass is 197 g/mol. The fraction of sp³-hybridized carbons (Fsp3) is 0.900. The van der Waals surface area contributed by atoms with Crippen LogP contribution in [0.3, 0.4) is 0 Å². The normalized spacial score (nSPS) is 33.4. The third-order valence-electron chi connectivity index (χ3n) is 3.18. The molecule has 0 saturated carbocycles. The second-order valence-corrected chi connectivity index (χ2v) is 4.38. The number of nitrogens with zero attached hydrogens (tertiary/aromatic N) is 1. The SMILES string of the molecule is N[C@@H]1CCCN(C(=O)[C@@H]2CCNC2)C1. The lowest BCUT2D eigenvalue weighted by molar-refractivity contribution is -0.136. The van der Waals surface area contributed by atoms with E-state index in [1.54, 1.807) is 0 Å². The molecule has 2 rings (SSSR count). The molecule has 0 aromatic heterocycles. The van der Waals surface area contributed by atoms with Gasteiger partial charge in [-0.1, -0.05) is 0 Å². The quantitative estimate of drug-likeness (QED) is 0.598. The summed E-state index contributed by atoms with van der Waals surface area (Å²) in [6.07, 6.45) is 3.12. The Morgan fingerprint density at radius 1 is 1.43 bits per heavy atom. The van der Waals surface area contributed by atoms with Crippen LogP contribution in [-0.4, -0.2) is 43.0 Å². The topological polar surface area (TPSA) is 58.4 Å². The highest BCUT2D eigenvalue weighted by Crippen LogP contribution is 2.15. The maximum atomic E-state index is 12.0. The van der Waals surface area contributed by atoms with Crippen molar-refractivity contribution < 1.29 is 4.79 Å². The minimum atomic E-state index is 0.196. The van der Waals surface area contributed by atoms with Crippen molar-refractivity contribution in [3.05, 3.63) is 0 Å². The average Bonchev–Trinajstić information content (AvgIpc) is 2.69. The minimum Gasteiger partial charge on any atom is -0.341 e. The van der Waals surface area contributed by atoms with E-state index in [4.69, 9.17) is 5.73 Å². The van der Waals surface area contributed by atoms with Gasteiger partial charge < -0.3 is 16.0 Å². The van der Waals surface area contributed by atoms with E-state index in [9.17, 15) is 4.79 Å². The summed E-state index contributed by atoms with van der Waals surface area (Å²) in [5.41, 5.74) is 5.85. The molecule has 1 amide bonds. The predicted octanol–water partition coefficient (Wildman–Crippen LogP) is -0.454. The van der Waals surface area contributed by atoms with Crippen LogP contribution in [0.25, 0.3) is 0 Å². The van der Waals surface area contributed by atoms with Crippen LogP contribution in [0, 0.1) is 5.92 Å². The molecule has 14 heavy (non-hydrogen) atoms. The third kappa shape index (κ3) is 2.07. The van der Waals surface area contributed by atoms with Crippen LogP contribution in [0.4, 0.5) is 0 Å². The van der Waals surface area contributed by atoms with E-state index in [0.29, 0.717) is 5.91 Å². The fourth-order valence-corrected chi connectivity index (χ4v) is 2.33. The number of piperidine rings is 1. The number of nitrogens with two attached hydrogens (primary N) is 1. The van der Waals surface area contributed by atoms with Gasteiger partial charge in [-0.2, -0.15) is 0 Å². The molecule has 0 aromatic rings. The summed E-state index contributed by atoms with van der Waals surface area (Å²) in [4.78, 5) is 13.9. The Labute approximate surface area is 84.8 Å². The lowest BCUT2D eigenvalue weighted by atomic mass is 10.0. The van der Waals surface area contributed by atoms with Crippen LogP contribution in [-0.2, 0) is 4.79 Å². The molecule has 2 saturated heterocycles. The smallest absolute Gasteiger partial charge is 0.227 e. The van der Waals surface area contributed by atoms with Gasteiger partial charge in [0.25, 0.3) is 0 Å². The van der Waals surface area contributed by atoms with Crippen LogP contribution >= 0.6 is 0 Å². The summed E-state index contributed by atoms with van der Waals surface area (Å²) in [7, 11) is 0. The Balaban J connectivity index is 1.89. The number of rotatable bonds is 1. The van der Waals surface area contributed by atoms with Gasteiger partial charge in [-0.25, -0.2) is 0 Å². The van der Waals surface area contributed by atoms with Gasteiger partial charge in [-0.3, -0.25) is 4.79 Å². The number of carbonyl (C=O) groups is 1. The van der Waals surface area contributed by atoms with Crippen LogP contribution in [0.1, 0.15) is 19.3 Å².